The molecule has 3 nitrogen and oxygen atoms in total. The third kappa shape index (κ3) is 4.03. The number of aromatic nitrogens is 2. The Morgan fingerprint density at radius 3 is 2.79 bits per heavy atom. The van der Waals surface area contributed by atoms with E-state index in [-0.39, 0.29) is 0 Å². The second-order valence-electron chi connectivity index (χ2n) is 4.55. The molecule has 0 radical (unpaired) electrons. The van der Waals surface area contributed by atoms with Crippen LogP contribution in [0.5, 0.6) is 0 Å². The highest BCUT2D eigenvalue weighted by Gasteiger charge is 2.07. The molecule has 0 saturated carbocycles. The molecule has 1 aromatic heterocycles. The summed E-state index contributed by atoms with van der Waals surface area (Å²) in [6.07, 6.45) is 5.17. The van der Waals surface area contributed by atoms with Gasteiger partial charge in [0.2, 0.25) is 0 Å². The van der Waals surface area contributed by atoms with E-state index in [0.29, 0.717) is 0 Å². The van der Waals surface area contributed by atoms with Gasteiger partial charge in [-0.25, -0.2) is 4.68 Å². The van der Waals surface area contributed by atoms with Crippen molar-refractivity contribution in [2.24, 2.45) is 0 Å². The Bertz CT molecular complexity index is 493. The molecule has 4 heteroatoms. The fourth-order valence-electron chi connectivity index (χ4n) is 1.96. The molecule has 1 heterocycles. The van der Waals surface area contributed by atoms with Crippen molar-refractivity contribution in [2.75, 3.05) is 11.5 Å². The summed E-state index contributed by atoms with van der Waals surface area (Å²) in [5, 5.41) is 4.37. The van der Waals surface area contributed by atoms with E-state index < -0.39 is 0 Å². The summed E-state index contributed by atoms with van der Waals surface area (Å²) in [7, 11) is 0. The fourth-order valence-corrected chi connectivity index (χ4v) is 2.76. The van der Waals surface area contributed by atoms with E-state index >= 15 is 0 Å². The molecular formula is C15H21N3S. The average molecular weight is 275 g/mol. The first-order chi connectivity index (χ1) is 9.31. The number of hydrogen-bond donors (Lipinski definition) is 1. The van der Waals surface area contributed by atoms with Gasteiger partial charge in [-0.15, -0.1) is 11.8 Å². The molecule has 102 valence electrons. The third-order valence-corrected chi connectivity index (χ3v) is 4.22. The van der Waals surface area contributed by atoms with Crippen LogP contribution in [-0.2, 0) is 13.0 Å². The summed E-state index contributed by atoms with van der Waals surface area (Å²) in [5.74, 6) is 1.91. The van der Waals surface area contributed by atoms with E-state index in [1.807, 2.05) is 16.9 Å². The van der Waals surface area contributed by atoms with Crippen molar-refractivity contribution in [1.82, 2.24) is 9.78 Å². The van der Waals surface area contributed by atoms with E-state index in [0.717, 1.165) is 42.3 Å². The van der Waals surface area contributed by atoms with Crippen LogP contribution in [0, 0.1) is 0 Å². The standard InChI is InChI=1S/C15H21N3S/c1-2-11-19-14-12-17-18(15(14)16)10-6-9-13-7-4-3-5-8-13/h3-5,7-8,12H,2,6,9-11,16H2,1H3. The lowest BCUT2D eigenvalue weighted by Crippen LogP contribution is -2.06. The first-order valence-electron chi connectivity index (χ1n) is 6.79. The molecule has 0 amide bonds. The minimum absolute atomic E-state index is 0.812. The smallest absolute Gasteiger partial charge is 0.135 e. The van der Waals surface area contributed by atoms with Crippen molar-refractivity contribution in [3.05, 3.63) is 42.1 Å². The molecule has 0 atom stereocenters. The highest BCUT2D eigenvalue weighted by molar-refractivity contribution is 7.99. The molecular weight excluding hydrogens is 254 g/mol. The van der Waals surface area contributed by atoms with Crippen LogP contribution in [0.3, 0.4) is 0 Å². The second-order valence-corrected chi connectivity index (χ2v) is 5.69. The molecule has 1 aromatic carbocycles. The summed E-state index contributed by atoms with van der Waals surface area (Å²) in [6, 6.07) is 10.5. The summed E-state index contributed by atoms with van der Waals surface area (Å²) in [6.45, 7) is 3.06. The van der Waals surface area contributed by atoms with Crippen molar-refractivity contribution in [3.63, 3.8) is 0 Å². The normalized spacial score (nSPS) is 10.8. The molecule has 0 fully saturated rings. The van der Waals surface area contributed by atoms with Gasteiger partial charge in [0.05, 0.1) is 11.1 Å². The maximum absolute atomic E-state index is 6.10. The first kappa shape index (κ1) is 14.0. The molecule has 0 aliphatic rings. The number of nitrogen functional groups attached to an aromatic ring is 1. The zero-order chi connectivity index (χ0) is 13.5. The van der Waals surface area contributed by atoms with Gasteiger partial charge in [0, 0.05) is 6.54 Å². The van der Waals surface area contributed by atoms with Crippen LogP contribution in [0.2, 0.25) is 0 Å². The molecule has 0 aliphatic carbocycles. The molecule has 0 aliphatic heterocycles. The van der Waals surface area contributed by atoms with Crippen LogP contribution in [0.1, 0.15) is 25.3 Å². The van der Waals surface area contributed by atoms with Crippen LogP contribution in [0.25, 0.3) is 0 Å². The Morgan fingerprint density at radius 1 is 1.26 bits per heavy atom. The Balaban J connectivity index is 1.84. The van der Waals surface area contributed by atoms with Crippen molar-refractivity contribution >= 4 is 17.6 Å². The fraction of sp³-hybridized carbons (Fsp3) is 0.400. The van der Waals surface area contributed by atoms with Gasteiger partial charge in [-0.3, -0.25) is 0 Å². The Morgan fingerprint density at radius 2 is 2.05 bits per heavy atom. The molecule has 0 spiro atoms. The molecule has 0 unspecified atom stereocenters. The largest absolute Gasteiger partial charge is 0.383 e. The third-order valence-electron chi connectivity index (χ3n) is 2.98. The minimum atomic E-state index is 0.812. The van der Waals surface area contributed by atoms with Crippen molar-refractivity contribution in [3.8, 4) is 0 Å². The Kier molecular flexibility index (Phi) is 5.33. The molecule has 2 N–H and O–H groups in total. The average Bonchev–Trinajstić information content (AvgIpc) is 2.79. The zero-order valence-electron chi connectivity index (χ0n) is 11.4. The van der Waals surface area contributed by atoms with Gasteiger partial charge in [-0.2, -0.15) is 5.10 Å². The van der Waals surface area contributed by atoms with Gasteiger partial charge < -0.3 is 5.73 Å². The van der Waals surface area contributed by atoms with Crippen LogP contribution >= 0.6 is 11.8 Å². The van der Waals surface area contributed by atoms with Crippen LogP contribution in [0.15, 0.2) is 41.4 Å². The van der Waals surface area contributed by atoms with Gasteiger partial charge in [-0.1, -0.05) is 37.3 Å². The van der Waals surface area contributed by atoms with E-state index in [1.54, 1.807) is 11.8 Å². The quantitative estimate of drug-likeness (QED) is 0.785. The Hall–Kier alpha value is -1.42. The molecule has 19 heavy (non-hydrogen) atoms. The number of benzene rings is 1. The summed E-state index contributed by atoms with van der Waals surface area (Å²) in [5.41, 5.74) is 7.47. The summed E-state index contributed by atoms with van der Waals surface area (Å²) >= 11 is 1.79. The van der Waals surface area contributed by atoms with Gasteiger partial charge >= 0.3 is 0 Å². The van der Waals surface area contributed by atoms with Gasteiger partial charge in [0.1, 0.15) is 5.82 Å². The monoisotopic (exact) mass is 275 g/mol. The molecule has 2 aromatic rings. The number of nitrogens with zero attached hydrogens (tertiary/aromatic N) is 2. The molecule has 0 bridgehead atoms. The minimum Gasteiger partial charge on any atom is -0.383 e. The lowest BCUT2D eigenvalue weighted by Gasteiger charge is -2.05. The number of aryl methyl sites for hydroxylation is 2. The van der Waals surface area contributed by atoms with E-state index in [1.165, 1.54) is 5.56 Å². The highest BCUT2D eigenvalue weighted by Crippen LogP contribution is 2.25. The Labute approximate surface area is 119 Å². The number of hydrogen-bond acceptors (Lipinski definition) is 3. The van der Waals surface area contributed by atoms with E-state index in [4.69, 9.17) is 5.73 Å². The van der Waals surface area contributed by atoms with Gasteiger partial charge in [0.15, 0.2) is 0 Å². The predicted molar refractivity (Wildman–Crippen MR) is 82.4 cm³/mol. The maximum atomic E-state index is 6.10. The number of rotatable bonds is 7. The molecule has 2 rings (SSSR count). The number of nitrogens with two attached hydrogens (primary N) is 1. The first-order valence-corrected chi connectivity index (χ1v) is 7.78. The summed E-state index contributed by atoms with van der Waals surface area (Å²) < 4.78 is 1.92. The van der Waals surface area contributed by atoms with Crippen LogP contribution in [-0.4, -0.2) is 15.5 Å². The number of thioether (sulfide) groups is 1. The summed E-state index contributed by atoms with van der Waals surface area (Å²) in [4.78, 5) is 1.11. The zero-order valence-corrected chi connectivity index (χ0v) is 12.2. The second kappa shape index (κ2) is 7.24. The SMILES string of the molecule is CCCSc1cnn(CCCc2ccccc2)c1N. The van der Waals surface area contributed by atoms with Crippen molar-refractivity contribution in [1.29, 1.82) is 0 Å². The van der Waals surface area contributed by atoms with Gasteiger partial charge in [0.25, 0.3) is 0 Å². The predicted octanol–water partition coefficient (Wildman–Crippen LogP) is 3.60. The van der Waals surface area contributed by atoms with E-state index in [9.17, 15) is 0 Å². The van der Waals surface area contributed by atoms with Gasteiger partial charge in [-0.05, 0) is 30.6 Å². The lowest BCUT2D eigenvalue weighted by molar-refractivity contribution is 0.586. The maximum Gasteiger partial charge on any atom is 0.135 e. The molecule has 0 saturated heterocycles. The lowest BCUT2D eigenvalue weighted by atomic mass is 10.1. The van der Waals surface area contributed by atoms with Crippen LogP contribution in [0.4, 0.5) is 5.82 Å². The highest BCUT2D eigenvalue weighted by atomic mass is 32.2. The van der Waals surface area contributed by atoms with Crippen LogP contribution < -0.4 is 5.73 Å². The van der Waals surface area contributed by atoms with Crippen molar-refractivity contribution < 1.29 is 0 Å². The number of anilines is 1. The van der Waals surface area contributed by atoms with Crippen molar-refractivity contribution in [2.45, 2.75) is 37.6 Å². The topological polar surface area (TPSA) is 43.8 Å². The van der Waals surface area contributed by atoms with E-state index in [2.05, 4.69) is 36.3 Å².